The van der Waals surface area contributed by atoms with Crippen molar-refractivity contribution in [3.8, 4) is 11.5 Å². The van der Waals surface area contributed by atoms with Crippen LogP contribution in [0.25, 0.3) is 22.7 Å². The Balaban J connectivity index is 1.79. The second-order valence-corrected chi connectivity index (χ2v) is 6.89. The molecule has 4 nitrogen and oxygen atoms in total. The lowest BCUT2D eigenvalue weighted by Crippen LogP contribution is -2.17. The first-order valence-electron chi connectivity index (χ1n) is 7.72. The number of pyridine rings is 2. The highest BCUT2D eigenvalue weighted by Crippen LogP contribution is 2.28. The molecule has 0 saturated carbocycles. The van der Waals surface area contributed by atoms with E-state index < -0.39 is 0 Å². The molecule has 0 amide bonds. The van der Waals surface area contributed by atoms with Crippen LogP contribution in [0, 0.1) is 5.92 Å². The third kappa shape index (κ3) is 2.61. The summed E-state index contributed by atoms with van der Waals surface area (Å²) in [5.74, 6) is 4.18. The molecule has 112 valence electrons. The second-order valence-electron chi connectivity index (χ2n) is 5.66. The zero-order valence-corrected chi connectivity index (χ0v) is 13.2. The summed E-state index contributed by atoms with van der Waals surface area (Å²) in [4.78, 5) is 13.8. The molecule has 3 aromatic rings. The molecule has 22 heavy (non-hydrogen) atoms. The highest BCUT2D eigenvalue weighted by Gasteiger charge is 2.20. The number of imidazole rings is 1. The molecule has 4 heterocycles. The number of thioether (sulfide) groups is 1. The molecular weight excluding hydrogens is 292 g/mol. The van der Waals surface area contributed by atoms with Crippen LogP contribution >= 0.6 is 11.8 Å². The molecule has 4 rings (SSSR count). The first-order chi connectivity index (χ1) is 10.9. The van der Waals surface area contributed by atoms with Crippen molar-refractivity contribution >= 4 is 22.9 Å². The lowest BCUT2D eigenvalue weighted by molar-refractivity contribution is 0.423. The molecule has 1 aliphatic heterocycles. The number of hydrogen-bond donors (Lipinski definition) is 0. The van der Waals surface area contributed by atoms with Crippen LogP contribution in [-0.4, -0.2) is 31.0 Å². The van der Waals surface area contributed by atoms with Gasteiger partial charge in [-0.15, -0.1) is 0 Å². The van der Waals surface area contributed by atoms with Gasteiger partial charge in [-0.25, -0.2) is 9.97 Å². The fourth-order valence-corrected chi connectivity index (χ4v) is 4.21. The quantitative estimate of drug-likeness (QED) is 0.741. The molecular formula is C17H18N4S. The van der Waals surface area contributed by atoms with Crippen molar-refractivity contribution in [2.75, 3.05) is 11.5 Å². The highest BCUT2D eigenvalue weighted by molar-refractivity contribution is 7.99. The number of aromatic nitrogens is 4. The molecule has 1 aliphatic rings. The maximum atomic E-state index is 4.78. The van der Waals surface area contributed by atoms with Gasteiger partial charge >= 0.3 is 0 Å². The molecule has 0 aliphatic carbocycles. The molecule has 0 bridgehead atoms. The predicted molar refractivity (Wildman–Crippen MR) is 90.8 cm³/mol. The first-order valence-corrected chi connectivity index (χ1v) is 8.88. The van der Waals surface area contributed by atoms with Crippen molar-refractivity contribution in [3.05, 3.63) is 42.7 Å². The van der Waals surface area contributed by atoms with Crippen LogP contribution < -0.4 is 0 Å². The van der Waals surface area contributed by atoms with Gasteiger partial charge in [0.15, 0.2) is 11.5 Å². The Morgan fingerprint density at radius 3 is 2.73 bits per heavy atom. The Kier molecular flexibility index (Phi) is 3.81. The third-order valence-corrected chi connectivity index (χ3v) is 5.23. The molecule has 1 fully saturated rings. The summed E-state index contributed by atoms with van der Waals surface area (Å²) < 4.78 is 2.26. The predicted octanol–water partition coefficient (Wildman–Crippen LogP) is 3.64. The molecule has 3 aromatic heterocycles. The van der Waals surface area contributed by atoms with E-state index >= 15 is 0 Å². The first kappa shape index (κ1) is 13.8. The Morgan fingerprint density at radius 1 is 1.05 bits per heavy atom. The normalized spacial score (nSPS) is 16.2. The van der Waals surface area contributed by atoms with E-state index in [0.717, 1.165) is 29.2 Å². The standard InChI is InChI=1S/C17H18N4S/c1-2-8-18-14(4-1)17-20-15-5-3-9-19-16(15)21(17)12-13-6-10-22-11-7-13/h1-5,8-9,13H,6-7,10-12H2. The number of fused-ring (bicyclic) bond motifs is 1. The van der Waals surface area contributed by atoms with E-state index in [2.05, 4.69) is 26.3 Å². The van der Waals surface area contributed by atoms with Gasteiger partial charge in [0.2, 0.25) is 0 Å². The SMILES string of the molecule is c1ccc(-c2nc3cccnc3n2CC2CCSCC2)nc1. The molecule has 0 atom stereocenters. The van der Waals surface area contributed by atoms with Gasteiger partial charge in [0, 0.05) is 18.9 Å². The van der Waals surface area contributed by atoms with Gasteiger partial charge in [0.25, 0.3) is 0 Å². The molecule has 1 saturated heterocycles. The van der Waals surface area contributed by atoms with E-state index in [1.54, 1.807) is 0 Å². The van der Waals surface area contributed by atoms with Crippen LogP contribution in [0.5, 0.6) is 0 Å². The lowest BCUT2D eigenvalue weighted by Gasteiger charge is -2.22. The molecule has 0 aromatic carbocycles. The molecule has 5 heteroatoms. The number of nitrogens with zero attached hydrogens (tertiary/aromatic N) is 4. The zero-order chi connectivity index (χ0) is 14.8. The van der Waals surface area contributed by atoms with Gasteiger partial charge in [0.05, 0.1) is 0 Å². The van der Waals surface area contributed by atoms with Gasteiger partial charge in [-0.1, -0.05) is 6.07 Å². The minimum absolute atomic E-state index is 0.711. The van der Waals surface area contributed by atoms with Crippen LogP contribution in [-0.2, 0) is 6.54 Å². The second kappa shape index (κ2) is 6.08. The summed E-state index contributed by atoms with van der Waals surface area (Å²) in [5.41, 5.74) is 2.85. The van der Waals surface area contributed by atoms with E-state index in [-0.39, 0.29) is 0 Å². The molecule has 0 unspecified atom stereocenters. The zero-order valence-electron chi connectivity index (χ0n) is 12.4. The van der Waals surface area contributed by atoms with Crippen LogP contribution in [0.2, 0.25) is 0 Å². The van der Waals surface area contributed by atoms with Gasteiger partial charge in [0.1, 0.15) is 11.2 Å². The molecule has 0 N–H and O–H groups in total. The Bertz CT molecular complexity index is 763. The van der Waals surface area contributed by atoms with Crippen molar-refractivity contribution in [1.29, 1.82) is 0 Å². The summed E-state index contributed by atoms with van der Waals surface area (Å²) in [7, 11) is 0. The average molecular weight is 310 g/mol. The number of rotatable bonds is 3. The molecule has 0 spiro atoms. The minimum Gasteiger partial charge on any atom is -0.307 e. The van der Waals surface area contributed by atoms with E-state index in [1.165, 1.54) is 24.3 Å². The van der Waals surface area contributed by atoms with E-state index in [4.69, 9.17) is 4.98 Å². The number of hydrogen-bond acceptors (Lipinski definition) is 4. The minimum atomic E-state index is 0.711. The van der Waals surface area contributed by atoms with Gasteiger partial charge in [-0.3, -0.25) is 4.98 Å². The van der Waals surface area contributed by atoms with Crippen LogP contribution in [0.3, 0.4) is 0 Å². The maximum Gasteiger partial charge on any atom is 0.161 e. The Hall–Kier alpha value is -1.88. The van der Waals surface area contributed by atoms with E-state index in [1.807, 2.05) is 42.7 Å². The largest absolute Gasteiger partial charge is 0.307 e. The lowest BCUT2D eigenvalue weighted by atomic mass is 10.0. The van der Waals surface area contributed by atoms with Crippen molar-refractivity contribution in [2.45, 2.75) is 19.4 Å². The summed E-state index contributed by atoms with van der Waals surface area (Å²) in [6, 6.07) is 9.94. The summed E-state index contributed by atoms with van der Waals surface area (Å²) in [6.07, 6.45) is 6.22. The van der Waals surface area contributed by atoms with Crippen molar-refractivity contribution < 1.29 is 0 Å². The van der Waals surface area contributed by atoms with Crippen LogP contribution in [0.4, 0.5) is 0 Å². The molecule has 0 radical (unpaired) electrons. The third-order valence-electron chi connectivity index (χ3n) is 4.18. The monoisotopic (exact) mass is 310 g/mol. The smallest absolute Gasteiger partial charge is 0.161 e. The van der Waals surface area contributed by atoms with E-state index in [0.29, 0.717) is 5.92 Å². The van der Waals surface area contributed by atoms with Crippen molar-refractivity contribution in [2.24, 2.45) is 5.92 Å². The van der Waals surface area contributed by atoms with Gasteiger partial charge in [-0.2, -0.15) is 11.8 Å². The average Bonchev–Trinajstić information content (AvgIpc) is 2.95. The fraction of sp³-hybridized carbons (Fsp3) is 0.353. The maximum absolute atomic E-state index is 4.78. The topological polar surface area (TPSA) is 43.6 Å². The highest BCUT2D eigenvalue weighted by atomic mass is 32.2. The summed E-state index contributed by atoms with van der Waals surface area (Å²) in [5, 5.41) is 0. The Morgan fingerprint density at radius 2 is 1.91 bits per heavy atom. The fourth-order valence-electron chi connectivity index (χ4n) is 3.01. The van der Waals surface area contributed by atoms with Crippen LogP contribution in [0.15, 0.2) is 42.7 Å². The summed E-state index contributed by atoms with van der Waals surface area (Å²) >= 11 is 2.06. The van der Waals surface area contributed by atoms with Crippen molar-refractivity contribution in [1.82, 2.24) is 19.5 Å². The van der Waals surface area contributed by atoms with Crippen molar-refractivity contribution in [3.63, 3.8) is 0 Å². The van der Waals surface area contributed by atoms with Gasteiger partial charge in [-0.05, 0) is 54.5 Å². The Labute approximate surface area is 134 Å². The van der Waals surface area contributed by atoms with Crippen LogP contribution in [0.1, 0.15) is 12.8 Å². The van der Waals surface area contributed by atoms with Gasteiger partial charge < -0.3 is 4.57 Å². The summed E-state index contributed by atoms with van der Waals surface area (Å²) in [6.45, 7) is 0.986. The van der Waals surface area contributed by atoms with E-state index in [9.17, 15) is 0 Å².